The van der Waals surface area contributed by atoms with Crippen LogP contribution in [0, 0.1) is 0 Å². The minimum Gasteiger partial charge on any atom is -0.380 e. The van der Waals surface area contributed by atoms with Crippen LogP contribution < -0.4 is 0 Å². The van der Waals surface area contributed by atoms with Crippen LogP contribution in [0.1, 0.15) is 32.6 Å². The van der Waals surface area contributed by atoms with Crippen molar-refractivity contribution in [3.8, 4) is 10.7 Å². The van der Waals surface area contributed by atoms with Crippen molar-refractivity contribution in [3.63, 3.8) is 0 Å². The number of rotatable bonds is 4. The van der Waals surface area contributed by atoms with Crippen LogP contribution >= 0.6 is 27.3 Å². The molecule has 2 rings (SSSR count). The van der Waals surface area contributed by atoms with Gasteiger partial charge >= 0.3 is 0 Å². The van der Waals surface area contributed by atoms with E-state index in [1.165, 1.54) is 11.3 Å². The van der Waals surface area contributed by atoms with Crippen molar-refractivity contribution in [1.29, 1.82) is 0 Å². The third-order valence-corrected chi connectivity index (χ3v) is 4.04. The molecule has 92 valence electrons. The first kappa shape index (κ1) is 12.7. The molecular formula is C11H13BrN2O2S. The molecule has 0 radical (unpaired) electrons. The topological polar surface area (TPSA) is 59.2 Å². The molecule has 4 nitrogen and oxygen atoms in total. The van der Waals surface area contributed by atoms with Crippen molar-refractivity contribution in [3.05, 3.63) is 21.8 Å². The Morgan fingerprint density at radius 3 is 2.88 bits per heavy atom. The number of nitrogens with zero attached hydrogens (tertiary/aromatic N) is 2. The average molecular weight is 317 g/mol. The monoisotopic (exact) mass is 316 g/mol. The lowest BCUT2D eigenvalue weighted by atomic mass is 10.0. The van der Waals surface area contributed by atoms with E-state index in [9.17, 15) is 5.11 Å². The molecule has 0 amide bonds. The summed E-state index contributed by atoms with van der Waals surface area (Å²) in [6, 6.07) is 3.85. The van der Waals surface area contributed by atoms with E-state index in [0.717, 1.165) is 15.1 Å². The Morgan fingerprint density at radius 2 is 2.29 bits per heavy atom. The van der Waals surface area contributed by atoms with E-state index in [4.69, 9.17) is 4.52 Å². The Hall–Kier alpha value is -0.720. The molecule has 2 heterocycles. The standard InChI is InChI=1S/C11H13BrN2O2S/c1-3-6-11(2,15)10-13-9(14-16-10)7-4-5-8(12)17-7/h4-5,15H,3,6H2,1-2H3. The van der Waals surface area contributed by atoms with Crippen LogP contribution in [-0.4, -0.2) is 15.2 Å². The summed E-state index contributed by atoms with van der Waals surface area (Å²) >= 11 is 4.91. The summed E-state index contributed by atoms with van der Waals surface area (Å²) in [6.07, 6.45) is 1.46. The molecule has 0 aliphatic rings. The van der Waals surface area contributed by atoms with Gasteiger partial charge in [0.15, 0.2) is 0 Å². The van der Waals surface area contributed by atoms with Crippen LogP contribution in [0.5, 0.6) is 0 Å². The van der Waals surface area contributed by atoms with Gasteiger partial charge in [-0.25, -0.2) is 0 Å². The summed E-state index contributed by atoms with van der Waals surface area (Å²) in [4.78, 5) is 5.16. The molecule has 2 aromatic heterocycles. The number of aromatic nitrogens is 2. The van der Waals surface area contributed by atoms with E-state index < -0.39 is 5.60 Å². The molecule has 0 bridgehead atoms. The Balaban J connectivity index is 2.27. The maximum atomic E-state index is 10.1. The first-order valence-corrected chi connectivity index (χ1v) is 6.96. The fourth-order valence-corrected chi connectivity index (χ4v) is 2.88. The first-order valence-electron chi connectivity index (χ1n) is 5.35. The Morgan fingerprint density at radius 1 is 1.53 bits per heavy atom. The second-order valence-corrected chi connectivity index (χ2v) is 6.51. The van der Waals surface area contributed by atoms with Gasteiger partial charge < -0.3 is 9.63 Å². The van der Waals surface area contributed by atoms with Gasteiger partial charge in [-0.1, -0.05) is 18.5 Å². The maximum absolute atomic E-state index is 10.1. The van der Waals surface area contributed by atoms with Crippen molar-refractivity contribution in [2.24, 2.45) is 0 Å². The van der Waals surface area contributed by atoms with Gasteiger partial charge in [0.2, 0.25) is 5.82 Å². The largest absolute Gasteiger partial charge is 0.380 e. The molecule has 1 unspecified atom stereocenters. The highest BCUT2D eigenvalue weighted by Gasteiger charge is 2.29. The Labute approximate surface area is 112 Å². The molecule has 1 N–H and O–H groups in total. The normalized spacial score (nSPS) is 14.8. The van der Waals surface area contributed by atoms with Crippen LogP contribution in [-0.2, 0) is 5.60 Å². The molecule has 0 spiro atoms. The van der Waals surface area contributed by atoms with E-state index in [0.29, 0.717) is 12.2 Å². The van der Waals surface area contributed by atoms with Crippen LogP contribution in [0.25, 0.3) is 10.7 Å². The molecular weight excluding hydrogens is 304 g/mol. The highest BCUT2D eigenvalue weighted by Crippen LogP contribution is 2.31. The highest BCUT2D eigenvalue weighted by atomic mass is 79.9. The fourth-order valence-electron chi connectivity index (χ4n) is 1.57. The zero-order valence-corrected chi connectivity index (χ0v) is 12.0. The van der Waals surface area contributed by atoms with Crippen molar-refractivity contribution >= 4 is 27.3 Å². The minimum atomic E-state index is -1.05. The fraction of sp³-hybridized carbons (Fsp3) is 0.455. The molecule has 0 saturated carbocycles. The summed E-state index contributed by atoms with van der Waals surface area (Å²) in [7, 11) is 0. The second kappa shape index (κ2) is 4.88. The molecule has 17 heavy (non-hydrogen) atoms. The lowest BCUT2D eigenvalue weighted by Gasteiger charge is -2.16. The van der Waals surface area contributed by atoms with Crippen LogP contribution in [0.2, 0.25) is 0 Å². The van der Waals surface area contributed by atoms with Crippen LogP contribution in [0.15, 0.2) is 20.4 Å². The predicted octanol–water partition coefficient (Wildman–Crippen LogP) is 3.57. The number of aliphatic hydroxyl groups is 1. The summed E-state index contributed by atoms with van der Waals surface area (Å²) in [5.41, 5.74) is -1.05. The highest BCUT2D eigenvalue weighted by molar-refractivity contribution is 9.11. The minimum absolute atomic E-state index is 0.277. The zero-order valence-electron chi connectivity index (χ0n) is 9.61. The summed E-state index contributed by atoms with van der Waals surface area (Å²) < 4.78 is 6.14. The quantitative estimate of drug-likeness (QED) is 0.936. The molecule has 1 atom stereocenters. The van der Waals surface area contributed by atoms with Gasteiger partial charge in [0.05, 0.1) is 8.66 Å². The lowest BCUT2D eigenvalue weighted by Crippen LogP contribution is -2.21. The number of hydrogen-bond donors (Lipinski definition) is 1. The van der Waals surface area contributed by atoms with Crippen LogP contribution in [0.3, 0.4) is 0 Å². The van der Waals surface area contributed by atoms with E-state index in [-0.39, 0.29) is 5.89 Å². The number of hydrogen-bond acceptors (Lipinski definition) is 5. The third-order valence-electron chi connectivity index (χ3n) is 2.42. The Bertz CT molecular complexity index is 507. The smallest absolute Gasteiger partial charge is 0.258 e. The van der Waals surface area contributed by atoms with Crippen molar-refractivity contribution in [1.82, 2.24) is 10.1 Å². The molecule has 0 aliphatic heterocycles. The SMILES string of the molecule is CCCC(C)(O)c1nc(-c2ccc(Br)s2)no1. The number of halogens is 1. The Kier molecular flexibility index (Phi) is 3.65. The van der Waals surface area contributed by atoms with Gasteiger partial charge in [-0.2, -0.15) is 4.98 Å². The van der Waals surface area contributed by atoms with Crippen molar-refractivity contribution in [2.75, 3.05) is 0 Å². The third kappa shape index (κ3) is 2.75. The van der Waals surface area contributed by atoms with Gasteiger partial charge in [-0.05, 0) is 41.4 Å². The van der Waals surface area contributed by atoms with Crippen molar-refractivity contribution in [2.45, 2.75) is 32.3 Å². The molecule has 6 heteroatoms. The zero-order chi connectivity index (χ0) is 12.5. The van der Waals surface area contributed by atoms with Crippen molar-refractivity contribution < 1.29 is 9.63 Å². The second-order valence-electron chi connectivity index (χ2n) is 4.05. The summed E-state index contributed by atoms with van der Waals surface area (Å²) in [5.74, 6) is 0.797. The molecule has 0 aliphatic carbocycles. The molecule has 0 fully saturated rings. The van der Waals surface area contributed by atoms with Crippen LogP contribution in [0.4, 0.5) is 0 Å². The first-order chi connectivity index (χ1) is 8.03. The van der Waals surface area contributed by atoms with Gasteiger partial charge in [0.1, 0.15) is 5.60 Å². The van der Waals surface area contributed by atoms with Gasteiger partial charge in [0, 0.05) is 0 Å². The van der Waals surface area contributed by atoms with Gasteiger partial charge in [-0.3, -0.25) is 0 Å². The van der Waals surface area contributed by atoms with E-state index in [2.05, 4.69) is 26.1 Å². The average Bonchev–Trinajstić information content (AvgIpc) is 2.85. The lowest BCUT2D eigenvalue weighted by molar-refractivity contribution is 0.0138. The predicted molar refractivity (Wildman–Crippen MR) is 69.8 cm³/mol. The molecule has 2 aromatic rings. The van der Waals surface area contributed by atoms with E-state index in [1.54, 1.807) is 6.92 Å². The molecule has 0 aromatic carbocycles. The number of thiophene rings is 1. The summed E-state index contributed by atoms with van der Waals surface area (Å²) in [6.45, 7) is 3.69. The van der Waals surface area contributed by atoms with E-state index >= 15 is 0 Å². The van der Waals surface area contributed by atoms with Gasteiger partial charge in [0.25, 0.3) is 5.89 Å². The summed E-state index contributed by atoms with van der Waals surface area (Å²) in [5, 5.41) is 14.0. The molecule has 0 saturated heterocycles. The van der Waals surface area contributed by atoms with Gasteiger partial charge in [-0.15, -0.1) is 11.3 Å². The van der Waals surface area contributed by atoms with E-state index in [1.807, 2.05) is 19.1 Å². The maximum Gasteiger partial charge on any atom is 0.258 e.